The quantitative estimate of drug-likeness (QED) is 0.783. The molecule has 1 spiro atoms. The van der Waals surface area contributed by atoms with Gasteiger partial charge >= 0.3 is 6.09 Å². The van der Waals surface area contributed by atoms with Crippen LogP contribution in [0, 0.1) is 11.3 Å². The number of amides is 1. The average molecular weight is 399 g/mol. The largest absolute Gasteiger partial charge is 0.493 e. The van der Waals surface area contributed by atoms with Crippen LogP contribution in [-0.2, 0) is 4.74 Å². The number of aromatic nitrogens is 4. The number of benzene rings is 1. The van der Waals surface area contributed by atoms with E-state index in [4.69, 9.17) is 9.47 Å². The van der Waals surface area contributed by atoms with E-state index in [2.05, 4.69) is 15.5 Å². The molecule has 8 heteroatoms. The molecule has 0 N–H and O–H groups in total. The predicted molar refractivity (Wildman–Crippen MR) is 107 cm³/mol. The lowest BCUT2D eigenvalue weighted by atomic mass is 9.58. The van der Waals surface area contributed by atoms with Crippen LogP contribution in [0.4, 0.5) is 4.79 Å². The average Bonchev–Trinajstić information content (AvgIpc) is 3.19. The summed E-state index contributed by atoms with van der Waals surface area (Å²) in [5, 5.41) is 11.2. The highest BCUT2D eigenvalue weighted by Crippen LogP contribution is 2.52. The van der Waals surface area contributed by atoms with E-state index in [1.165, 1.54) is 12.8 Å². The van der Waals surface area contributed by atoms with Crippen molar-refractivity contribution in [1.29, 1.82) is 0 Å². The lowest BCUT2D eigenvalue weighted by molar-refractivity contribution is -0.0380. The summed E-state index contributed by atoms with van der Waals surface area (Å²) in [6.45, 7) is 8.05. The maximum atomic E-state index is 12.2. The summed E-state index contributed by atoms with van der Waals surface area (Å²) in [5.74, 6) is 1.45. The maximum absolute atomic E-state index is 12.2. The number of hydrogen-bond donors (Lipinski definition) is 0. The van der Waals surface area contributed by atoms with Gasteiger partial charge in [0.2, 0.25) is 0 Å². The van der Waals surface area contributed by atoms with Crippen molar-refractivity contribution < 1.29 is 14.3 Å². The molecule has 1 aromatic heterocycles. The smallest absolute Gasteiger partial charge is 0.410 e. The van der Waals surface area contributed by atoms with Crippen LogP contribution in [0.5, 0.6) is 5.75 Å². The third kappa shape index (κ3) is 4.68. The Morgan fingerprint density at radius 2 is 1.86 bits per heavy atom. The third-order valence-corrected chi connectivity index (χ3v) is 5.86. The molecule has 2 fully saturated rings. The van der Waals surface area contributed by atoms with Crippen molar-refractivity contribution in [2.45, 2.75) is 52.1 Å². The lowest BCUT2D eigenvalue weighted by Crippen LogP contribution is -2.50. The van der Waals surface area contributed by atoms with Crippen LogP contribution >= 0.6 is 0 Å². The van der Waals surface area contributed by atoms with E-state index < -0.39 is 5.60 Å². The van der Waals surface area contributed by atoms with Crippen LogP contribution in [0.2, 0.25) is 0 Å². The van der Waals surface area contributed by atoms with Crippen LogP contribution in [0.1, 0.15) is 46.5 Å². The second-order valence-corrected chi connectivity index (χ2v) is 9.30. The van der Waals surface area contributed by atoms with Gasteiger partial charge in [-0.2, -0.15) is 0 Å². The van der Waals surface area contributed by atoms with Gasteiger partial charge in [-0.15, -0.1) is 5.10 Å². The molecule has 2 aromatic rings. The van der Waals surface area contributed by atoms with Crippen molar-refractivity contribution in [3.05, 3.63) is 30.6 Å². The first-order valence-electron chi connectivity index (χ1n) is 10.3. The molecule has 1 aromatic carbocycles. The Hall–Kier alpha value is -2.64. The van der Waals surface area contributed by atoms with Crippen molar-refractivity contribution >= 4 is 6.09 Å². The Morgan fingerprint density at radius 1 is 1.17 bits per heavy atom. The number of rotatable bonds is 4. The van der Waals surface area contributed by atoms with Gasteiger partial charge in [0.05, 0.1) is 12.3 Å². The molecule has 1 amide bonds. The number of hydrogen-bond acceptors (Lipinski definition) is 6. The zero-order chi connectivity index (χ0) is 20.5. The third-order valence-electron chi connectivity index (χ3n) is 5.86. The molecule has 1 saturated heterocycles. The molecule has 1 aliphatic carbocycles. The van der Waals surface area contributed by atoms with E-state index in [0.29, 0.717) is 11.3 Å². The van der Waals surface area contributed by atoms with E-state index in [1.807, 2.05) is 49.9 Å². The lowest BCUT2D eigenvalue weighted by Gasteiger charge is -2.52. The normalized spacial score (nSPS) is 19.1. The van der Waals surface area contributed by atoms with Gasteiger partial charge in [-0.3, -0.25) is 0 Å². The van der Waals surface area contributed by atoms with E-state index in [9.17, 15) is 4.79 Å². The molecule has 0 radical (unpaired) electrons. The van der Waals surface area contributed by atoms with Gasteiger partial charge in [0, 0.05) is 13.1 Å². The monoisotopic (exact) mass is 399 g/mol. The number of carbonyl (C=O) groups excluding carboxylic acids is 1. The highest BCUT2D eigenvalue weighted by atomic mass is 16.6. The summed E-state index contributed by atoms with van der Waals surface area (Å²) < 4.78 is 13.1. The Labute approximate surface area is 171 Å². The first-order chi connectivity index (χ1) is 13.8. The Kier molecular flexibility index (Phi) is 5.19. The zero-order valence-electron chi connectivity index (χ0n) is 17.4. The minimum Gasteiger partial charge on any atom is -0.493 e. The topological polar surface area (TPSA) is 82.4 Å². The molecule has 4 rings (SSSR count). The standard InChI is InChI=1S/C21H29N5O3/c1-20(2,3)29-19(27)25-10-8-21(9-11-25)12-16(13-21)14-28-18-6-4-17(5-7-18)26-15-22-23-24-26/h4-7,15-16H,8-14H2,1-3H3. The number of likely N-dealkylation sites (tertiary alicyclic amines) is 1. The van der Waals surface area contributed by atoms with E-state index >= 15 is 0 Å². The molecular weight excluding hydrogens is 370 g/mol. The van der Waals surface area contributed by atoms with Crippen molar-refractivity contribution in [2.24, 2.45) is 11.3 Å². The van der Waals surface area contributed by atoms with Gasteiger partial charge in [0.1, 0.15) is 17.7 Å². The molecule has 29 heavy (non-hydrogen) atoms. The molecule has 0 unspecified atom stereocenters. The second kappa shape index (κ2) is 7.65. The van der Waals surface area contributed by atoms with E-state index in [-0.39, 0.29) is 6.09 Å². The Bertz CT molecular complexity index is 813. The van der Waals surface area contributed by atoms with Crippen LogP contribution in [0.25, 0.3) is 5.69 Å². The van der Waals surface area contributed by atoms with Gasteiger partial charge in [-0.1, -0.05) is 0 Å². The van der Waals surface area contributed by atoms with Crippen molar-refractivity contribution in [3.63, 3.8) is 0 Å². The summed E-state index contributed by atoms with van der Waals surface area (Å²) in [4.78, 5) is 14.1. The minimum absolute atomic E-state index is 0.184. The summed E-state index contributed by atoms with van der Waals surface area (Å²) in [5.41, 5.74) is 0.855. The second-order valence-electron chi connectivity index (χ2n) is 9.30. The molecule has 2 heterocycles. The molecule has 1 saturated carbocycles. The van der Waals surface area contributed by atoms with Gasteiger partial charge in [-0.25, -0.2) is 9.48 Å². The van der Waals surface area contributed by atoms with Crippen molar-refractivity contribution in [1.82, 2.24) is 25.1 Å². The first kappa shape index (κ1) is 19.7. The van der Waals surface area contributed by atoms with Crippen molar-refractivity contribution in [3.8, 4) is 11.4 Å². The number of carbonyl (C=O) groups is 1. The molecule has 1 aliphatic heterocycles. The highest BCUT2D eigenvalue weighted by molar-refractivity contribution is 5.68. The van der Waals surface area contributed by atoms with Crippen molar-refractivity contribution in [2.75, 3.05) is 19.7 Å². The molecular formula is C21H29N5O3. The minimum atomic E-state index is -0.435. The fourth-order valence-corrected chi connectivity index (χ4v) is 4.37. The van der Waals surface area contributed by atoms with Crippen LogP contribution in [0.15, 0.2) is 30.6 Å². The fraction of sp³-hybridized carbons (Fsp3) is 0.619. The number of nitrogens with zero attached hydrogens (tertiary/aromatic N) is 5. The van der Waals surface area contributed by atoms with Crippen LogP contribution < -0.4 is 4.74 Å². The van der Waals surface area contributed by atoms with Gasteiger partial charge in [0.15, 0.2) is 0 Å². The van der Waals surface area contributed by atoms with Crippen LogP contribution in [-0.4, -0.2) is 56.5 Å². The highest BCUT2D eigenvalue weighted by Gasteiger charge is 2.46. The predicted octanol–water partition coefficient (Wildman–Crippen LogP) is 3.47. The van der Waals surface area contributed by atoms with Gasteiger partial charge in [-0.05, 0) is 92.5 Å². The fourth-order valence-electron chi connectivity index (χ4n) is 4.37. The summed E-state index contributed by atoms with van der Waals surface area (Å²) in [7, 11) is 0. The Morgan fingerprint density at radius 3 is 2.45 bits per heavy atom. The molecule has 0 bridgehead atoms. The van der Waals surface area contributed by atoms with E-state index in [1.54, 1.807) is 11.0 Å². The summed E-state index contributed by atoms with van der Waals surface area (Å²) in [6.07, 6.45) is 5.86. The summed E-state index contributed by atoms with van der Waals surface area (Å²) >= 11 is 0. The molecule has 8 nitrogen and oxygen atoms in total. The number of ether oxygens (including phenoxy) is 2. The van der Waals surface area contributed by atoms with Crippen LogP contribution in [0.3, 0.4) is 0 Å². The number of piperidine rings is 1. The van der Waals surface area contributed by atoms with Gasteiger partial charge < -0.3 is 14.4 Å². The summed E-state index contributed by atoms with van der Waals surface area (Å²) in [6, 6.07) is 7.79. The SMILES string of the molecule is CC(C)(C)OC(=O)N1CCC2(CC1)CC(COc1ccc(-n3cnnn3)cc1)C2. The van der Waals surface area contributed by atoms with E-state index in [0.717, 1.165) is 44.0 Å². The molecule has 2 aliphatic rings. The molecule has 156 valence electrons. The van der Waals surface area contributed by atoms with Gasteiger partial charge in [0.25, 0.3) is 0 Å². The number of tetrazole rings is 1. The Balaban J connectivity index is 1.19. The maximum Gasteiger partial charge on any atom is 0.410 e. The first-order valence-corrected chi connectivity index (χ1v) is 10.3. The molecule has 0 atom stereocenters. The zero-order valence-corrected chi connectivity index (χ0v) is 17.4.